The van der Waals surface area contributed by atoms with Gasteiger partial charge in [0.25, 0.3) is 0 Å². The van der Waals surface area contributed by atoms with E-state index in [0.717, 1.165) is 19.4 Å². The molecular formula is C12H17BrFNO. The SMILES string of the molecule is CCCC(CNC)Oc1ccc(F)c(Br)c1. The highest BCUT2D eigenvalue weighted by molar-refractivity contribution is 9.10. The molecule has 1 aromatic carbocycles. The van der Waals surface area contributed by atoms with Gasteiger partial charge in [0.05, 0.1) is 4.47 Å². The molecule has 0 aliphatic rings. The Morgan fingerprint density at radius 1 is 1.50 bits per heavy atom. The Morgan fingerprint density at radius 2 is 2.25 bits per heavy atom. The number of rotatable bonds is 6. The third kappa shape index (κ3) is 4.10. The molecule has 0 aliphatic heterocycles. The van der Waals surface area contributed by atoms with Crippen molar-refractivity contribution < 1.29 is 9.13 Å². The van der Waals surface area contributed by atoms with E-state index in [0.29, 0.717) is 10.2 Å². The van der Waals surface area contributed by atoms with E-state index in [4.69, 9.17) is 4.74 Å². The summed E-state index contributed by atoms with van der Waals surface area (Å²) in [5.74, 6) is 0.426. The lowest BCUT2D eigenvalue weighted by Crippen LogP contribution is -2.29. The average Bonchev–Trinajstić information content (AvgIpc) is 2.24. The first-order valence-electron chi connectivity index (χ1n) is 5.43. The maximum absolute atomic E-state index is 13.0. The Balaban J connectivity index is 2.65. The number of nitrogens with one attached hydrogen (secondary N) is 1. The molecule has 0 radical (unpaired) electrons. The third-order valence-corrected chi connectivity index (χ3v) is 2.84. The maximum Gasteiger partial charge on any atom is 0.137 e. The maximum atomic E-state index is 13.0. The van der Waals surface area contributed by atoms with E-state index in [9.17, 15) is 4.39 Å². The Labute approximate surface area is 104 Å². The molecule has 2 nitrogen and oxygen atoms in total. The van der Waals surface area contributed by atoms with Crippen molar-refractivity contribution in [2.45, 2.75) is 25.9 Å². The van der Waals surface area contributed by atoms with Crippen molar-refractivity contribution in [2.75, 3.05) is 13.6 Å². The van der Waals surface area contributed by atoms with Crippen LogP contribution in [-0.4, -0.2) is 19.7 Å². The zero-order chi connectivity index (χ0) is 12.0. The van der Waals surface area contributed by atoms with Gasteiger partial charge in [-0.2, -0.15) is 0 Å². The van der Waals surface area contributed by atoms with Gasteiger partial charge in [-0.05, 0) is 47.6 Å². The van der Waals surface area contributed by atoms with Gasteiger partial charge >= 0.3 is 0 Å². The zero-order valence-electron chi connectivity index (χ0n) is 9.59. The highest BCUT2D eigenvalue weighted by Gasteiger charge is 2.09. The Morgan fingerprint density at radius 3 is 2.81 bits per heavy atom. The quantitative estimate of drug-likeness (QED) is 0.867. The molecule has 0 heterocycles. The summed E-state index contributed by atoms with van der Waals surface area (Å²) in [5, 5.41) is 3.09. The van der Waals surface area contributed by atoms with Crippen LogP contribution in [0.25, 0.3) is 0 Å². The van der Waals surface area contributed by atoms with E-state index in [2.05, 4.69) is 28.2 Å². The third-order valence-electron chi connectivity index (χ3n) is 2.24. The van der Waals surface area contributed by atoms with Crippen molar-refractivity contribution in [1.29, 1.82) is 0 Å². The molecule has 16 heavy (non-hydrogen) atoms. The van der Waals surface area contributed by atoms with Crippen LogP contribution in [-0.2, 0) is 0 Å². The minimum absolute atomic E-state index is 0.132. The van der Waals surface area contributed by atoms with Gasteiger partial charge < -0.3 is 10.1 Å². The second-order valence-electron chi connectivity index (χ2n) is 3.66. The van der Waals surface area contributed by atoms with E-state index in [-0.39, 0.29) is 11.9 Å². The molecule has 1 N–H and O–H groups in total. The molecule has 1 rings (SSSR count). The summed E-state index contributed by atoms with van der Waals surface area (Å²) in [6, 6.07) is 4.72. The summed E-state index contributed by atoms with van der Waals surface area (Å²) in [5.41, 5.74) is 0. The lowest BCUT2D eigenvalue weighted by atomic mass is 10.2. The number of benzene rings is 1. The molecule has 0 amide bonds. The first-order chi connectivity index (χ1) is 7.67. The fourth-order valence-electron chi connectivity index (χ4n) is 1.49. The molecule has 0 aromatic heterocycles. The normalized spacial score (nSPS) is 12.5. The molecule has 0 bridgehead atoms. The van der Waals surface area contributed by atoms with Crippen molar-refractivity contribution in [3.63, 3.8) is 0 Å². The van der Waals surface area contributed by atoms with Crippen LogP contribution in [0.4, 0.5) is 4.39 Å². The van der Waals surface area contributed by atoms with Crippen LogP contribution in [0.15, 0.2) is 22.7 Å². The molecule has 90 valence electrons. The largest absolute Gasteiger partial charge is 0.489 e. The van der Waals surface area contributed by atoms with Gasteiger partial charge in [-0.1, -0.05) is 13.3 Å². The average molecular weight is 290 g/mol. The van der Waals surface area contributed by atoms with Crippen LogP contribution in [0.5, 0.6) is 5.75 Å². The second-order valence-corrected chi connectivity index (χ2v) is 4.52. The second kappa shape index (κ2) is 6.86. The predicted molar refractivity (Wildman–Crippen MR) is 67.4 cm³/mol. The molecule has 0 saturated carbocycles. The van der Waals surface area contributed by atoms with Crippen LogP contribution in [0.2, 0.25) is 0 Å². The van der Waals surface area contributed by atoms with Crippen molar-refractivity contribution in [3.05, 3.63) is 28.5 Å². The van der Waals surface area contributed by atoms with E-state index in [1.807, 2.05) is 7.05 Å². The number of hydrogen-bond donors (Lipinski definition) is 1. The summed E-state index contributed by atoms with van der Waals surface area (Å²) in [6.07, 6.45) is 2.18. The van der Waals surface area contributed by atoms with Crippen LogP contribution in [0.3, 0.4) is 0 Å². The van der Waals surface area contributed by atoms with Gasteiger partial charge in [0.15, 0.2) is 0 Å². The molecule has 1 aromatic rings. The van der Waals surface area contributed by atoms with Gasteiger partial charge in [-0.3, -0.25) is 0 Å². The van der Waals surface area contributed by atoms with Crippen LogP contribution >= 0.6 is 15.9 Å². The summed E-state index contributed by atoms with van der Waals surface area (Å²) in [6.45, 7) is 2.91. The standard InChI is InChI=1S/C12H17BrFNO/c1-3-4-10(8-15-2)16-9-5-6-12(14)11(13)7-9/h5-7,10,15H,3-4,8H2,1-2H3. The molecule has 1 atom stereocenters. The van der Waals surface area contributed by atoms with Crippen molar-refractivity contribution in [1.82, 2.24) is 5.32 Å². The van der Waals surface area contributed by atoms with Crippen LogP contribution < -0.4 is 10.1 Å². The Hall–Kier alpha value is -0.610. The van der Waals surface area contributed by atoms with E-state index in [1.54, 1.807) is 12.1 Å². The lowest BCUT2D eigenvalue weighted by molar-refractivity contribution is 0.189. The number of halogens is 2. The van der Waals surface area contributed by atoms with Crippen LogP contribution in [0.1, 0.15) is 19.8 Å². The predicted octanol–water partition coefficient (Wildman–Crippen LogP) is 3.36. The molecule has 0 aliphatic carbocycles. The molecule has 0 saturated heterocycles. The lowest BCUT2D eigenvalue weighted by Gasteiger charge is -2.18. The highest BCUT2D eigenvalue weighted by Crippen LogP contribution is 2.23. The van der Waals surface area contributed by atoms with E-state index in [1.165, 1.54) is 6.07 Å². The topological polar surface area (TPSA) is 21.3 Å². The van der Waals surface area contributed by atoms with Gasteiger partial charge in [-0.15, -0.1) is 0 Å². The van der Waals surface area contributed by atoms with Crippen LogP contribution in [0, 0.1) is 5.82 Å². The first kappa shape index (κ1) is 13.5. The minimum Gasteiger partial charge on any atom is -0.489 e. The van der Waals surface area contributed by atoms with Gasteiger partial charge in [-0.25, -0.2) is 4.39 Å². The zero-order valence-corrected chi connectivity index (χ0v) is 11.2. The Bertz CT molecular complexity index is 327. The molecule has 0 fully saturated rings. The summed E-state index contributed by atoms with van der Waals surface area (Å²) >= 11 is 3.14. The minimum atomic E-state index is -0.270. The number of ether oxygens (including phenoxy) is 1. The summed E-state index contributed by atoms with van der Waals surface area (Å²) in [7, 11) is 1.90. The Kier molecular flexibility index (Phi) is 5.77. The smallest absolute Gasteiger partial charge is 0.137 e. The molecule has 4 heteroatoms. The van der Waals surface area contributed by atoms with Gasteiger partial charge in [0.1, 0.15) is 17.7 Å². The number of hydrogen-bond acceptors (Lipinski definition) is 2. The molecular weight excluding hydrogens is 273 g/mol. The van der Waals surface area contributed by atoms with Crippen molar-refractivity contribution >= 4 is 15.9 Å². The summed E-state index contributed by atoms with van der Waals surface area (Å²) in [4.78, 5) is 0. The molecule has 1 unspecified atom stereocenters. The monoisotopic (exact) mass is 289 g/mol. The highest BCUT2D eigenvalue weighted by atomic mass is 79.9. The van der Waals surface area contributed by atoms with Gasteiger partial charge in [0, 0.05) is 6.54 Å². The number of likely N-dealkylation sites (N-methyl/N-ethyl adjacent to an activating group) is 1. The van der Waals surface area contributed by atoms with Gasteiger partial charge in [0.2, 0.25) is 0 Å². The van der Waals surface area contributed by atoms with Crippen molar-refractivity contribution in [3.8, 4) is 5.75 Å². The fraction of sp³-hybridized carbons (Fsp3) is 0.500. The van der Waals surface area contributed by atoms with E-state index < -0.39 is 0 Å². The molecule has 0 spiro atoms. The first-order valence-corrected chi connectivity index (χ1v) is 6.23. The van der Waals surface area contributed by atoms with E-state index >= 15 is 0 Å². The van der Waals surface area contributed by atoms with Crippen molar-refractivity contribution in [2.24, 2.45) is 0 Å². The summed E-state index contributed by atoms with van der Waals surface area (Å²) < 4.78 is 19.2. The fourth-order valence-corrected chi connectivity index (χ4v) is 1.85.